The zero-order chi connectivity index (χ0) is 14.7. The van der Waals surface area contributed by atoms with Crippen molar-refractivity contribution in [1.82, 2.24) is 10.2 Å². The molecule has 3 heteroatoms. The van der Waals surface area contributed by atoms with Gasteiger partial charge in [-0.05, 0) is 43.2 Å². The highest BCUT2D eigenvalue weighted by Gasteiger charge is 2.39. The monoisotopic (exact) mass is 290 g/mol. The maximum atomic E-state index is 5.58. The number of rotatable bonds is 8. The zero-order valence-electron chi connectivity index (χ0n) is 13.6. The average molecular weight is 290 g/mol. The minimum absolute atomic E-state index is 0.486. The van der Waals surface area contributed by atoms with Crippen molar-refractivity contribution in [2.75, 3.05) is 13.1 Å². The van der Waals surface area contributed by atoms with Crippen molar-refractivity contribution >= 4 is 0 Å². The van der Waals surface area contributed by atoms with E-state index >= 15 is 0 Å². The summed E-state index contributed by atoms with van der Waals surface area (Å²) in [5, 5.41) is 3.70. The van der Waals surface area contributed by atoms with E-state index in [4.69, 9.17) is 4.42 Å². The molecule has 2 saturated carbocycles. The minimum Gasteiger partial charge on any atom is -0.468 e. The summed E-state index contributed by atoms with van der Waals surface area (Å²) in [7, 11) is 0. The highest BCUT2D eigenvalue weighted by molar-refractivity contribution is 5.01. The van der Waals surface area contributed by atoms with Gasteiger partial charge in [-0.2, -0.15) is 0 Å². The van der Waals surface area contributed by atoms with Crippen LogP contribution >= 0.6 is 0 Å². The van der Waals surface area contributed by atoms with Crippen LogP contribution in [0.2, 0.25) is 0 Å². The van der Waals surface area contributed by atoms with Crippen LogP contribution in [0.25, 0.3) is 0 Å². The van der Waals surface area contributed by atoms with Gasteiger partial charge in [-0.15, -0.1) is 0 Å². The Morgan fingerprint density at radius 1 is 1.33 bits per heavy atom. The van der Waals surface area contributed by atoms with Gasteiger partial charge in [-0.1, -0.05) is 26.7 Å². The van der Waals surface area contributed by atoms with Crippen LogP contribution in [0.5, 0.6) is 0 Å². The second-order valence-electron chi connectivity index (χ2n) is 7.46. The van der Waals surface area contributed by atoms with Crippen LogP contribution in [0, 0.1) is 5.41 Å². The van der Waals surface area contributed by atoms with E-state index in [1.165, 1.54) is 51.6 Å². The highest BCUT2D eigenvalue weighted by Crippen LogP contribution is 2.41. The molecule has 1 heterocycles. The van der Waals surface area contributed by atoms with Crippen LogP contribution < -0.4 is 5.32 Å². The standard InChI is InChI=1S/C18H30N2O/c1-15(2)19-13-18(9-3-4-10-18)14-20(16-7-8-16)12-17-6-5-11-21-17/h5-6,11,15-16,19H,3-4,7-10,12-14H2,1-2H3. The van der Waals surface area contributed by atoms with Gasteiger partial charge in [0.05, 0.1) is 12.8 Å². The smallest absolute Gasteiger partial charge is 0.117 e. The average Bonchev–Trinajstić information content (AvgIpc) is 2.99. The summed E-state index contributed by atoms with van der Waals surface area (Å²) < 4.78 is 5.58. The van der Waals surface area contributed by atoms with Gasteiger partial charge < -0.3 is 9.73 Å². The molecule has 2 fully saturated rings. The lowest BCUT2D eigenvalue weighted by atomic mass is 9.85. The summed E-state index contributed by atoms with van der Waals surface area (Å²) >= 11 is 0. The molecule has 0 spiro atoms. The molecule has 2 aliphatic rings. The number of hydrogen-bond donors (Lipinski definition) is 1. The molecular formula is C18H30N2O. The number of nitrogens with one attached hydrogen (secondary N) is 1. The quantitative estimate of drug-likeness (QED) is 0.789. The van der Waals surface area contributed by atoms with E-state index in [9.17, 15) is 0 Å². The molecule has 0 amide bonds. The Kier molecular flexibility index (Phi) is 4.70. The molecule has 2 aliphatic carbocycles. The molecule has 1 N–H and O–H groups in total. The Morgan fingerprint density at radius 3 is 2.67 bits per heavy atom. The fourth-order valence-electron chi connectivity index (χ4n) is 3.72. The highest BCUT2D eigenvalue weighted by atomic mass is 16.3. The molecule has 3 nitrogen and oxygen atoms in total. The maximum Gasteiger partial charge on any atom is 0.117 e. The maximum absolute atomic E-state index is 5.58. The Morgan fingerprint density at radius 2 is 2.10 bits per heavy atom. The number of hydrogen-bond acceptors (Lipinski definition) is 3. The summed E-state index contributed by atoms with van der Waals surface area (Å²) in [5.41, 5.74) is 0.486. The van der Waals surface area contributed by atoms with Crippen LogP contribution in [0.3, 0.4) is 0 Å². The van der Waals surface area contributed by atoms with Crippen LogP contribution in [0.15, 0.2) is 22.8 Å². The van der Waals surface area contributed by atoms with Crippen molar-refractivity contribution in [2.24, 2.45) is 5.41 Å². The Hall–Kier alpha value is -0.800. The Labute approximate surface area is 129 Å². The van der Waals surface area contributed by atoms with E-state index in [1.807, 2.05) is 6.07 Å². The van der Waals surface area contributed by atoms with Gasteiger partial charge in [0.2, 0.25) is 0 Å². The van der Waals surface area contributed by atoms with Gasteiger partial charge in [0.15, 0.2) is 0 Å². The van der Waals surface area contributed by atoms with E-state index in [2.05, 4.69) is 30.1 Å². The number of furan rings is 1. The van der Waals surface area contributed by atoms with Gasteiger partial charge >= 0.3 is 0 Å². The second kappa shape index (κ2) is 6.53. The fourth-order valence-corrected chi connectivity index (χ4v) is 3.72. The first kappa shape index (κ1) is 15.1. The van der Waals surface area contributed by atoms with Crippen molar-refractivity contribution in [1.29, 1.82) is 0 Å². The largest absolute Gasteiger partial charge is 0.468 e. The normalized spacial score (nSPS) is 21.5. The van der Waals surface area contributed by atoms with Crippen molar-refractivity contribution in [3.8, 4) is 0 Å². The molecule has 3 rings (SSSR count). The summed E-state index contributed by atoms with van der Waals surface area (Å²) in [6.45, 7) is 7.90. The third kappa shape index (κ3) is 4.10. The van der Waals surface area contributed by atoms with Crippen molar-refractivity contribution in [3.63, 3.8) is 0 Å². The zero-order valence-corrected chi connectivity index (χ0v) is 13.6. The van der Waals surface area contributed by atoms with Gasteiger partial charge in [0.1, 0.15) is 5.76 Å². The van der Waals surface area contributed by atoms with E-state index in [0.29, 0.717) is 11.5 Å². The van der Waals surface area contributed by atoms with Gasteiger partial charge in [0, 0.05) is 25.2 Å². The van der Waals surface area contributed by atoms with Crippen molar-refractivity contribution in [2.45, 2.75) is 71.0 Å². The molecule has 0 saturated heterocycles. The summed E-state index contributed by atoms with van der Waals surface area (Å²) in [5.74, 6) is 1.12. The summed E-state index contributed by atoms with van der Waals surface area (Å²) in [6, 6.07) is 5.50. The van der Waals surface area contributed by atoms with Crippen molar-refractivity contribution in [3.05, 3.63) is 24.2 Å². The SMILES string of the molecule is CC(C)NCC1(CN(Cc2ccco2)C2CC2)CCCC1. The third-order valence-corrected chi connectivity index (χ3v) is 5.09. The first-order valence-corrected chi connectivity index (χ1v) is 8.67. The lowest BCUT2D eigenvalue weighted by Gasteiger charge is -2.36. The fraction of sp³-hybridized carbons (Fsp3) is 0.778. The molecule has 1 aromatic rings. The molecule has 0 radical (unpaired) electrons. The van der Waals surface area contributed by atoms with E-state index in [1.54, 1.807) is 6.26 Å². The van der Waals surface area contributed by atoms with Gasteiger partial charge in [-0.3, -0.25) is 4.90 Å². The van der Waals surface area contributed by atoms with E-state index in [0.717, 1.165) is 18.3 Å². The Bertz CT molecular complexity index is 416. The summed E-state index contributed by atoms with van der Waals surface area (Å²) in [6.07, 6.45) is 10.1. The van der Waals surface area contributed by atoms with E-state index < -0.39 is 0 Å². The molecule has 21 heavy (non-hydrogen) atoms. The lowest BCUT2D eigenvalue weighted by molar-refractivity contribution is 0.126. The molecule has 1 aromatic heterocycles. The molecule has 118 valence electrons. The minimum atomic E-state index is 0.486. The van der Waals surface area contributed by atoms with Gasteiger partial charge in [-0.25, -0.2) is 0 Å². The predicted molar refractivity (Wildman–Crippen MR) is 86.2 cm³/mol. The Balaban J connectivity index is 1.64. The molecule has 0 bridgehead atoms. The molecule has 0 aliphatic heterocycles. The molecular weight excluding hydrogens is 260 g/mol. The molecule has 0 atom stereocenters. The van der Waals surface area contributed by atoms with E-state index in [-0.39, 0.29) is 0 Å². The number of nitrogens with zero attached hydrogens (tertiary/aromatic N) is 1. The van der Waals surface area contributed by atoms with Gasteiger partial charge in [0.25, 0.3) is 0 Å². The van der Waals surface area contributed by atoms with Crippen LogP contribution in [-0.4, -0.2) is 30.1 Å². The summed E-state index contributed by atoms with van der Waals surface area (Å²) in [4.78, 5) is 2.69. The van der Waals surface area contributed by atoms with Crippen LogP contribution in [-0.2, 0) is 6.54 Å². The topological polar surface area (TPSA) is 28.4 Å². The predicted octanol–water partition coefficient (Wildman–Crippen LogP) is 3.80. The molecule has 0 aromatic carbocycles. The second-order valence-corrected chi connectivity index (χ2v) is 7.46. The van der Waals surface area contributed by atoms with Crippen molar-refractivity contribution < 1.29 is 4.42 Å². The molecule has 0 unspecified atom stereocenters. The third-order valence-electron chi connectivity index (χ3n) is 5.09. The lowest BCUT2D eigenvalue weighted by Crippen LogP contribution is -2.44. The van der Waals surface area contributed by atoms with Crippen LogP contribution in [0.1, 0.15) is 58.1 Å². The first-order valence-electron chi connectivity index (χ1n) is 8.67. The first-order chi connectivity index (χ1) is 10.2. The van der Waals surface area contributed by atoms with Crippen LogP contribution in [0.4, 0.5) is 0 Å².